The van der Waals surface area contributed by atoms with Crippen LogP contribution in [0.15, 0.2) is 6.33 Å². The van der Waals surface area contributed by atoms with Gasteiger partial charge < -0.3 is 10.7 Å². The normalized spacial score (nSPS) is 18.1. The van der Waals surface area contributed by atoms with Crippen molar-refractivity contribution in [1.29, 1.82) is 0 Å². The Morgan fingerprint density at radius 3 is 2.58 bits per heavy atom. The third-order valence-electron chi connectivity index (χ3n) is 4.20. The van der Waals surface area contributed by atoms with Gasteiger partial charge in [-0.15, -0.1) is 0 Å². The number of aromatic nitrogens is 2. The van der Waals surface area contributed by atoms with Gasteiger partial charge in [-0.25, -0.2) is 15.8 Å². The first-order valence-electron chi connectivity index (χ1n) is 7.31. The van der Waals surface area contributed by atoms with E-state index < -0.39 is 0 Å². The molecule has 0 spiro atoms. The summed E-state index contributed by atoms with van der Waals surface area (Å²) in [5, 5.41) is 3.59. The zero-order valence-electron chi connectivity index (χ0n) is 11.9. The molecule has 0 aromatic carbocycles. The van der Waals surface area contributed by atoms with Gasteiger partial charge in [-0.1, -0.05) is 26.2 Å². The molecule has 1 aliphatic carbocycles. The lowest BCUT2D eigenvalue weighted by Crippen LogP contribution is -2.31. The van der Waals surface area contributed by atoms with Gasteiger partial charge in [0, 0.05) is 11.6 Å². The van der Waals surface area contributed by atoms with Crippen LogP contribution in [-0.4, -0.2) is 16.0 Å². The zero-order chi connectivity index (χ0) is 13.7. The van der Waals surface area contributed by atoms with E-state index in [0.29, 0.717) is 11.9 Å². The smallest absolute Gasteiger partial charge is 0.148 e. The summed E-state index contributed by atoms with van der Waals surface area (Å²) >= 11 is 0. The van der Waals surface area contributed by atoms with E-state index in [0.717, 1.165) is 23.7 Å². The Labute approximate surface area is 115 Å². The lowest BCUT2D eigenvalue weighted by atomic mass is 9.83. The van der Waals surface area contributed by atoms with E-state index in [2.05, 4.69) is 27.6 Å². The third-order valence-corrected chi connectivity index (χ3v) is 4.20. The molecule has 5 nitrogen and oxygen atoms in total. The van der Waals surface area contributed by atoms with Crippen LogP contribution in [0.25, 0.3) is 0 Å². The summed E-state index contributed by atoms with van der Waals surface area (Å²) in [6.07, 6.45) is 9.45. The topological polar surface area (TPSA) is 75.9 Å². The number of rotatable bonds is 5. The molecule has 4 N–H and O–H groups in total. The summed E-state index contributed by atoms with van der Waals surface area (Å²) in [6.45, 7) is 4.23. The molecule has 0 amide bonds. The van der Waals surface area contributed by atoms with Crippen LogP contribution in [0.5, 0.6) is 0 Å². The highest BCUT2D eigenvalue weighted by atomic mass is 15.3. The Balaban J connectivity index is 2.09. The minimum Gasteiger partial charge on any atom is -0.367 e. The molecule has 0 bridgehead atoms. The first-order chi connectivity index (χ1) is 9.26. The number of nitrogens with zero attached hydrogens (tertiary/aromatic N) is 2. The largest absolute Gasteiger partial charge is 0.367 e. The monoisotopic (exact) mass is 263 g/mol. The molecular weight excluding hydrogens is 238 g/mol. The van der Waals surface area contributed by atoms with Gasteiger partial charge in [0.2, 0.25) is 0 Å². The van der Waals surface area contributed by atoms with Crippen molar-refractivity contribution in [2.45, 2.75) is 58.4 Å². The fourth-order valence-electron chi connectivity index (χ4n) is 3.01. The van der Waals surface area contributed by atoms with Crippen molar-refractivity contribution in [3.8, 4) is 0 Å². The van der Waals surface area contributed by atoms with Gasteiger partial charge >= 0.3 is 0 Å². The molecule has 1 fully saturated rings. The first kappa shape index (κ1) is 14.1. The van der Waals surface area contributed by atoms with Gasteiger partial charge in [0.1, 0.15) is 18.0 Å². The molecule has 1 saturated carbocycles. The van der Waals surface area contributed by atoms with Crippen LogP contribution in [0.3, 0.4) is 0 Å². The zero-order valence-corrected chi connectivity index (χ0v) is 11.9. The van der Waals surface area contributed by atoms with E-state index in [1.165, 1.54) is 32.1 Å². The van der Waals surface area contributed by atoms with Crippen molar-refractivity contribution in [3.63, 3.8) is 0 Å². The quantitative estimate of drug-likeness (QED) is 0.562. The molecular formula is C14H25N5. The molecule has 1 heterocycles. The van der Waals surface area contributed by atoms with E-state index in [1.54, 1.807) is 6.33 Å². The van der Waals surface area contributed by atoms with Gasteiger partial charge in [0.25, 0.3) is 0 Å². The Kier molecular flexibility index (Phi) is 4.96. The summed E-state index contributed by atoms with van der Waals surface area (Å²) < 4.78 is 0. The summed E-state index contributed by atoms with van der Waals surface area (Å²) in [7, 11) is 0. The van der Waals surface area contributed by atoms with Crippen molar-refractivity contribution in [2.24, 2.45) is 11.8 Å². The number of hydrogen-bond donors (Lipinski definition) is 3. The Morgan fingerprint density at radius 2 is 1.95 bits per heavy atom. The Hall–Kier alpha value is -1.36. The average molecular weight is 263 g/mol. The molecule has 1 aromatic rings. The van der Waals surface area contributed by atoms with E-state index >= 15 is 0 Å². The van der Waals surface area contributed by atoms with Gasteiger partial charge in [0.05, 0.1) is 0 Å². The summed E-state index contributed by atoms with van der Waals surface area (Å²) in [6, 6.07) is 0.500. The highest BCUT2D eigenvalue weighted by Crippen LogP contribution is 2.30. The minimum absolute atomic E-state index is 0.500. The summed E-state index contributed by atoms with van der Waals surface area (Å²) in [5.74, 6) is 7.82. The Morgan fingerprint density at radius 1 is 1.26 bits per heavy atom. The van der Waals surface area contributed by atoms with Gasteiger partial charge in [0.15, 0.2) is 0 Å². The maximum atomic E-state index is 5.46. The molecule has 1 aromatic heterocycles. The molecule has 1 aliphatic rings. The number of anilines is 2. The maximum absolute atomic E-state index is 5.46. The van der Waals surface area contributed by atoms with Gasteiger partial charge in [-0.05, 0) is 32.1 Å². The third kappa shape index (κ3) is 3.35. The highest BCUT2D eigenvalue weighted by molar-refractivity contribution is 5.56. The number of hydrazine groups is 1. The number of nitrogens with one attached hydrogen (secondary N) is 2. The molecule has 106 valence electrons. The van der Waals surface area contributed by atoms with Crippen LogP contribution in [0.2, 0.25) is 0 Å². The molecule has 1 unspecified atom stereocenters. The lowest BCUT2D eigenvalue weighted by molar-refractivity contribution is 0.312. The van der Waals surface area contributed by atoms with Crippen molar-refractivity contribution in [2.75, 3.05) is 10.7 Å². The van der Waals surface area contributed by atoms with Crippen molar-refractivity contribution < 1.29 is 0 Å². The van der Waals surface area contributed by atoms with Gasteiger partial charge in [-0.2, -0.15) is 0 Å². The van der Waals surface area contributed by atoms with Crippen LogP contribution in [-0.2, 0) is 0 Å². The second-order valence-electron chi connectivity index (χ2n) is 5.40. The molecule has 0 aliphatic heterocycles. The Bertz CT molecular complexity index is 401. The molecule has 0 saturated heterocycles. The maximum Gasteiger partial charge on any atom is 0.148 e. The second kappa shape index (κ2) is 6.70. The molecule has 5 heteroatoms. The fraction of sp³-hybridized carbons (Fsp3) is 0.714. The van der Waals surface area contributed by atoms with Crippen LogP contribution >= 0.6 is 0 Å². The summed E-state index contributed by atoms with van der Waals surface area (Å²) in [5.41, 5.74) is 3.60. The van der Waals surface area contributed by atoms with Crippen LogP contribution in [0, 0.1) is 12.8 Å². The number of nitrogens with two attached hydrogens (primary N) is 1. The van der Waals surface area contributed by atoms with E-state index in [-0.39, 0.29) is 0 Å². The molecule has 0 radical (unpaired) electrons. The first-order valence-corrected chi connectivity index (χ1v) is 7.31. The second-order valence-corrected chi connectivity index (χ2v) is 5.40. The van der Waals surface area contributed by atoms with E-state index in [9.17, 15) is 0 Å². The SMILES string of the molecule is CCC(Nc1ncnc(NN)c1C)C1CCCCC1. The lowest BCUT2D eigenvalue weighted by Gasteiger charge is -2.31. The van der Waals surface area contributed by atoms with E-state index in [4.69, 9.17) is 5.84 Å². The molecule has 1 atom stereocenters. The van der Waals surface area contributed by atoms with Crippen LogP contribution < -0.4 is 16.6 Å². The van der Waals surface area contributed by atoms with Gasteiger partial charge in [-0.3, -0.25) is 0 Å². The standard InChI is InChI=1S/C14H25N5/c1-3-12(11-7-5-4-6-8-11)18-13-10(2)14(19-15)17-9-16-13/h9,11-12H,3-8,15H2,1-2H3,(H2,16,17,18,19). The van der Waals surface area contributed by atoms with Crippen molar-refractivity contribution in [1.82, 2.24) is 9.97 Å². The summed E-state index contributed by atoms with van der Waals surface area (Å²) in [4.78, 5) is 8.47. The highest BCUT2D eigenvalue weighted by Gasteiger charge is 2.23. The van der Waals surface area contributed by atoms with E-state index in [1.807, 2.05) is 6.92 Å². The van der Waals surface area contributed by atoms with Crippen LogP contribution in [0.1, 0.15) is 51.0 Å². The average Bonchev–Trinajstić information content (AvgIpc) is 2.47. The predicted octanol–water partition coefficient (Wildman–Crippen LogP) is 2.84. The predicted molar refractivity (Wildman–Crippen MR) is 78.9 cm³/mol. The van der Waals surface area contributed by atoms with Crippen LogP contribution in [0.4, 0.5) is 11.6 Å². The number of nitrogen functional groups attached to an aromatic ring is 1. The number of hydrogen-bond acceptors (Lipinski definition) is 5. The minimum atomic E-state index is 0.500. The molecule has 19 heavy (non-hydrogen) atoms. The fourth-order valence-corrected chi connectivity index (χ4v) is 3.01. The molecule has 2 rings (SSSR count). The van der Waals surface area contributed by atoms with Crippen molar-refractivity contribution in [3.05, 3.63) is 11.9 Å². The van der Waals surface area contributed by atoms with Crippen molar-refractivity contribution >= 4 is 11.6 Å².